The van der Waals surface area contributed by atoms with Crippen molar-refractivity contribution >= 4 is 17.6 Å². The molecule has 102 valence electrons. The van der Waals surface area contributed by atoms with Gasteiger partial charge in [0.15, 0.2) is 0 Å². The highest BCUT2D eigenvalue weighted by Gasteiger charge is 2.19. The van der Waals surface area contributed by atoms with E-state index < -0.39 is 5.97 Å². The van der Waals surface area contributed by atoms with Crippen LogP contribution in [0.25, 0.3) is 0 Å². The Morgan fingerprint density at radius 2 is 2.26 bits per heavy atom. The van der Waals surface area contributed by atoms with Crippen molar-refractivity contribution in [3.05, 3.63) is 29.3 Å². The van der Waals surface area contributed by atoms with E-state index >= 15 is 0 Å². The lowest BCUT2D eigenvalue weighted by Gasteiger charge is -2.11. The second-order valence-corrected chi connectivity index (χ2v) is 4.82. The van der Waals surface area contributed by atoms with Crippen LogP contribution in [0.2, 0.25) is 0 Å². The molecule has 1 aliphatic rings. The maximum atomic E-state index is 11.9. The number of aromatic carboxylic acids is 1. The Morgan fingerprint density at radius 3 is 2.89 bits per heavy atom. The monoisotopic (exact) mass is 263 g/mol. The summed E-state index contributed by atoms with van der Waals surface area (Å²) in [5.74, 6) is -0.830. The van der Waals surface area contributed by atoms with Crippen LogP contribution in [0.1, 0.15) is 28.8 Å². The van der Waals surface area contributed by atoms with E-state index in [1.165, 1.54) is 12.1 Å². The standard InChI is InChI=1S/C14H17NO4/c1-9-2-3-11(14(17)18)7-12(9)15-13(16)6-10-4-5-19-8-10/h2-3,7,10H,4-6,8H2,1H3,(H,15,16)(H,17,18). The van der Waals surface area contributed by atoms with E-state index in [0.717, 1.165) is 12.0 Å². The molecule has 0 saturated carbocycles. The Labute approximate surface area is 111 Å². The second kappa shape index (κ2) is 5.84. The van der Waals surface area contributed by atoms with Crippen molar-refractivity contribution in [2.75, 3.05) is 18.5 Å². The Kier molecular flexibility index (Phi) is 4.16. The predicted molar refractivity (Wildman–Crippen MR) is 70.3 cm³/mol. The number of carboxylic acid groups (broad SMARTS) is 1. The third-order valence-corrected chi connectivity index (χ3v) is 3.26. The summed E-state index contributed by atoms with van der Waals surface area (Å²) in [4.78, 5) is 22.8. The number of aryl methyl sites for hydroxylation is 1. The normalized spacial score (nSPS) is 18.3. The molecule has 1 heterocycles. The molecule has 0 aromatic heterocycles. The van der Waals surface area contributed by atoms with E-state index in [2.05, 4.69) is 5.32 Å². The van der Waals surface area contributed by atoms with Crippen LogP contribution in [0.15, 0.2) is 18.2 Å². The summed E-state index contributed by atoms with van der Waals surface area (Å²) in [5.41, 5.74) is 1.58. The molecule has 1 amide bonds. The molecule has 1 aromatic rings. The topological polar surface area (TPSA) is 75.6 Å². The van der Waals surface area contributed by atoms with E-state index in [1.807, 2.05) is 6.92 Å². The summed E-state index contributed by atoms with van der Waals surface area (Å²) in [6.45, 7) is 3.17. The number of benzene rings is 1. The number of carboxylic acids is 1. The van der Waals surface area contributed by atoms with Gasteiger partial charge in [0, 0.05) is 25.3 Å². The number of ether oxygens (including phenoxy) is 1. The lowest BCUT2D eigenvalue weighted by atomic mass is 10.0. The van der Waals surface area contributed by atoms with Gasteiger partial charge in [0.05, 0.1) is 5.56 Å². The van der Waals surface area contributed by atoms with E-state index in [4.69, 9.17) is 9.84 Å². The first-order valence-electron chi connectivity index (χ1n) is 6.28. The highest BCUT2D eigenvalue weighted by atomic mass is 16.5. The summed E-state index contributed by atoms with van der Waals surface area (Å²) < 4.78 is 5.22. The average molecular weight is 263 g/mol. The lowest BCUT2D eigenvalue weighted by molar-refractivity contribution is -0.117. The van der Waals surface area contributed by atoms with Crippen LogP contribution in [-0.2, 0) is 9.53 Å². The molecular weight excluding hydrogens is 246 g/mol. The largest absolute Gasteiger partial charge is 0.478 e. The number of anilines is 1. The van der Waals surface area contributed by atoms with Crippen molar-refractivity contribution in [1.29, 1.82) is 0 Å². The second-order valence-electron chi connectivity index (χ2n) is 4.82. The maximum Gasteiger partial charge on any atom is 0.335 e. The Morgan fingerprint density at radius 1 is 1.47 bits per heavy atom. The molecular formula is C14H17NO4. The van der Waals surface area contributed by atoms with E-state index in [0.29, 0.717) is 25.3 Å². The molecule has 1 fully saturated rings. The SMILES string of the molecule is Cc1ccc(C(=O)O)cc1NC(=O)CC1CCOC1. The Balaban J connectivity index is 2.02. The minimum absolute atomic E-state index is 0.0962. The molecule has 0 spiro atoms. The molecule has 1 unspecified atom stereocenters. The smallest absolute Gasteiger partial charge is 0.335 e. The van der Waals surface area contributed by atoms with Crippen molar-refractivity contribution in [3.8, 4) is 0 Å². The fraction of sp³-hybridized carbons (Fsp3) is 0.429. The zero-order chi connectivity index (χ0) is 13.8. The molecule has 1 aromatic carbocycles. The third kappa shape index (κ3) is 3.54. The summed E-state index contributed by atoms with van der Waals surface area (Å²) in [6, 6.07) is 4.70. The van der Waals surface area contributed by atoms with Gasteiger partial charge in [0.25, 0.3) is 0 Å². The molecule has 1 aliphatic heterocycles. The highest BCUT2D eigenvalue weighted by Crippen LogP contribution is 2.20. The quantitative estimate of drug-likeness (QED) is 0.871. The van der Waals surface area contributed by atoms with Crippen LogP contribution >= 0.6 is 0 Å². The zero-order valence-corrected chi connectivity index (χ0v) is 10.8. The minimum atomic E-state index is -1.00. The molecule has 5 nitrogen and oxygen atoms in total. The number of rotatable bonds is 4. The molecule has 0 aliphatic carbocycles. The van der Waals surface area contributed by atoms with E-state index in [-0.39, 0.29) is 17.4 Å². The van der Waals surface area contributed by atoms with Crippen molar-refractivity contribution in [2.45, 2.75) is 19.8 Å². The predicted octanol–water partition coefficient (Wildman–Crippen LogP) is 2.06. The van der Waals surface area contributed by atoms with E-state index in [9.17, 15) is 9.59 Å². The summed E-state index contributed by atoms with van der Waals surface area (Å²) in [5, 5.41) is 11.7. The first-order chi connectivity index (χ1) is 9.06. The molecule has 1 atom stereocenters. The van der Waals surface area contributed by atoms with Crippen LogP contribution in [0.3, 0.4) is 0 Å². The first kappa shape index (κ1) is 13.5. The van der Waals surface area contributed by atoms with Crippen LogP contribution in [0.4, 0.5) is 5.69 Å². The Hall–Kier alpha value is -1.88. The molecule has 0 radical (unpaired) electrons. The summed E-state index contributed by atoms with van der Waals surface area (Å²) >= 11 is 0. The number of hydrogen-bond acceptors (Lipinski definition) is 3. The lowest BCUT2D eigenvalue weighted by Crippen LogP contribution is -2.17. The molecule has 2 N–H and O–H groups in total. The molecule has 19 heavy (non-hydrogen) atoms. The van der Waals surface area contributed by atoms with Crippen LogP contribution < -0.4 is 5.32 Å². The molecule has 1 saturated heterocycles. The number of carbonyl (C=O) groups is 2. The van der Waals surface area contributed by atoms with Gasteiger partial charge in [-0.05, 0) is 37.0 Å². The minimum Gasteiger partial charge on any atom is -0.478 e. The van der Waals surface area contributed by atoms with Crippen LogP contribution in [0, 0.1) is 12.8 Å². The van der Waals surface area contributed by atoms with Crippen LogP contribution in [0.5, 0.6) is 0 Å². The summed E-state index contributed by atoms with van der Waals surface area (Å²) in [7, 11) is 0. The fourth-order valence-electron chi connectivity index (χ4n) is 2.10. The van der Waals surface area contributed by atoms with Crippen molar-refractivity contribution in [1.82, 2.24) is 0 Å². The fourth-order valence-corrected chi connectivity index (χ4v) is 2.10. The number of carbonyl (C=O) groups excluding carboxylic acids is 1. The van der Waals surface area contributed by atoms with Gasteiger partial charge in [0.2, 0.25) is 5.91 Å². The first-order valence-corrected chi connectivity index (χ1v) is 6.28. The number of nitrogens with one attached hydrogen (secondary N) is 1. The van der Waals surface area contributed by atoms with Gasteiger partial charge in [-0.2, -0.15) is 0 Å². The van der Waals surface area contributed by atoms with Gasteiger partial charge < -0.3 is 15.2 Å². The van der Waals surface area contributed by atoms with Gasteiger partial charge in [-0.15, -0.1) is 0 Å². The maximum absolute atomic E-state index is 11.9. The van der Waals surface area contributed by atoms with Gasteiger partial charge in [0.1, 0.15) is 0 Å². The molecule has 2 rings (SSSR count). The number of amides is 1. The van der Waals surface area contributed by atoms with Gasteiger partial charge >= 0.3 is 5.97 Å². The molecule has 5 heteroatoms. The molecule has 0 bridgehead atoms. The van der Waals surface area contributed by atoms with Crippen molar-refractivity contribution in [2.24, 2.45) is 5.92 Å². The van der Waals surface area contributed by atoms with Crippen molar-refractivity contribution < 1.29 is 19.4 Å². The average Bonchev–Trinajstić information content (AvgIpc) is 2.84. The van der Waals surface area contributed by atoms with E-state index in [1.54, 1.807) is 6.07 Å². The van der Waals surface area contributed by atoms with Crippen LogP contribution in [-0.4, -0.2) is 30.2 Å². The van der Waals surface area contributed by atoms with Gasteiger partial charge in [-0.3, -0.25) is 4.79 Å². The van der Waals surface area contributed by atoms with Gasteiger partial charge in [-0.25, -0.2) is 4.79 Å². The highest BCUT2D eigenvalue weighted by molar-refractivity contribution is 5.94. The number of hydrogen-bond donors (Lipinski definition) is 2. The van der Waals surface area contributed by atoms with Crippen molar-refractivity contribution in [3.63, 3.8) is 0 Å². The Bertz CT molecular complexity index is 492. The third-order valence-electron chi connectivity index (χ3n) is 3.26. The zero-order valence-electron chi connectivity index (χ0n) is 10.8. The summed E-state index contributed by atoms with van der Waals surface area (Å²) in [6.07, 6.45) is 1.32. The van der Waals surface area contributed by atoms with Gasteiger partial charge in [-0.1, -0.05) is 6.07 Å².